The zero-order valence-electron chi connectivity index (χ0n) is 17.2. The van der Waals surface area contributed by atoms with Gasteiger partial charge in [-0.3, -0.25) is 4.79 Å². The van der Waals surface area contributed by atoms with Gasteiger partial charge < -0.3 is 25.0 Å². The van der Waals surface area contributed by atoms with Crippen molar-refractivity contribution in [1.82, 2.24) is 0 Å². The standard InChI is InChI=1S/C21H35NO5/c1-5-6-7-8-9-10-11-12-13-14-16(23)22-17-15(2)18(24)20(26-3)21(27-4)19(17)25/h24-25H,5-14H2,1-4H3,(H,22,23). The summed E-state index contributed by atoms with van der Waals surface area (Å²) in [6, 6.07) is 0. The van der Waals surface area contributed by atoms with Gasteiger partial charge in [0.05, 0.1) is 19.9 Å². The molecule has 1 aromatic carbocycles. The SMILES string of the molecule is CCCCCCCCCCCC(=O)Nc1c(C)c(O)c(OC)c(OC)c1O. The number of phenolic OH excluding ortho intramolecular Hbond substituents is 2. The summed E-state index contributed by atoms with van der Waals surface area (Å²) in [5, 5.41) is 23.3. The Hall–Kier alpha value is -2.11. The summed E-state index contributed by atoms with van der Waals surface area (Å²) in [5.41, 5.74) is 0.497. The molecule has 6 heteroatoms. The molecule has 1 amide bonds. The molecule has 1 rings (SSSR count). The zero-order chi connectivity index (χ0) is 20.2. The Morgan fingerprint density at radius 1 is 0.852 bits per heavy atom. The number of unbranched alkanes of at least 4 members (excludes halogenated alkanes) is 8. The second-order valence-electron chi connectivity index (χ2n) is 6.89. The number of amides is 1. The van der Waals surface area contributed by atoms with Crippen molar-refractivity contribution in [3.8, 4) is 23.0 Å². The van der Waals surface area contributed by atoms with E-state index in [0.29, 0.717) is 12.0 Å². The molecule has 27 heavy (non-hydrogen) atoms. The van der Waals surface area contributed by atoms with Crippen LogP contribution in [0.4, 0.5) is 5.69 Å². The van der Waals surface area contributed by atoms with E-state index in [9.17, 15) is 15.0 Å². The highest BCUT2D eigenvalue weighted by Gasteiger charge is 2.24. The van der Waals surface area contributed by atoms with Crippen molar-refractivity contribution in [2.75, 3.05) is 19.5 Å². The molecule has 0 bridgehead atoms. The molecular formula is C21H35NO5. The molecule has 1 aromatic rings. The maximum Gasteiger partial charge on any atom is 0.224 e. The Balaban J connectivity index is 2.48. The second kappa shape index (κ2) is 12.3. The predicted molar refractivity (Wildman–Crippen MR) is 108 cm³/mol. The van der Waals surface area contributed by atoms with Crippen LogP contribution in [0.1, 0.15) is 76.7 Å². The second-order valence-corrected chi connectivity index (χ2v) is 6.89. The summed E-state index contributed by atoms with van der Waals surface area (Å²) >= 11 is 0. The molecule has 0 aliphatic heterocycles. The van der Waals surface area contributed by atoms with E-state index in [1.165, 1.54) is 52.7 Å². The van der Waals surface area contributed by atoms with Gasteiger partial charge in [0, 0.05) is 12.0 Å². The number of rotatable bonds is 13. The first-order valence-electron chi connectivity index (χ1n) is 9.94. The summed E-state index contributed by atoms with van der Waals surface area (Å²) in [4.78, 5) is 12.2. The topological polar surface area (TPSA) is 88.0 Å². The zero-order valence-corrected chi connectivity index (χ0v) is 17.2. The summed E-state index contributed by atoms with van der Waals surface area (Å²) in [6.45, 7) is 3.82. The molecule has 154 valence electrons. The van der Waals surface area contributed by atoms with Crippen molar-refractivity contribution in [2.24, 2.45) is 0 Å². The molecular weight excluding hydrogens is 346 g/mol. The van der Waals surface area contributed by atoms with E-state index >= 15 is 0 Å². The first-order valence-corrected chi connectivity index (χ1v) is 9.94. The minimum Gasteiger partial charge on any atom is -0.504 e. The van der Waals surface area contributed by atoms with Crippen LogP contribution in [0, 0.1) is 6.92 Å². The fraction of sp³-hybridized carbons (Fsp3) is 0.667. The lowest BCUT2D eigenvalue weighted by molar-refractivity contribution is -0.116. The highest BCUT2D eigenvalue weighted by Crippen LogP contribution is 2.50. The maximum absolute atomic E-state index is 12.2. The Morgan fingerprint density at radius 2 is 1.33 bits per heavy atom. The Bertz CT molecular complexity index is 601. The van der Waals surface area contributed by atoms with Crippen LogP contribution in [-0.2, 0) is 4.79 Å². The molecule has 0 saturated heterocycles. The van der Waals surface area contributed by atoms with Crippen molar-refractivity contribution < 1.29 is 24.5 Å². The van der Waals surface area contributed by atoms with Gasteiger partial charge in [0.1, 0.15) is 0 Å². The van der Waals surface area contributed by atoms with Gasteiger partial charge in [-0.2, -0.15) is 0 Å². The monoisotopic (exact) mass is 381 g/mol. The van der Waals surface area contributed by atoms with E-state index in [0.717, 1.165) is 19.3 Å². The molecule has 0 spiro atoms. The van der Waals surface area contributed by atoms with E-state index in [1.807, 2.05) is 0 Å². The number of methoxy groups -OCH3 is 2. The summed E-state index contributed by atoms with van der Waals surface area (Å²) in [6.07, 6.45) is 11.0. The van der Waals surface area contributed by atoms with E-state index < -0.39 is 0 Å². The van der Waals surface area contributed by atoms with Crippen LogP contribution in [0.3, 0.4) is 0 Å². The molecule has 0 aromatic heterocycles. The third kappa shape index (κ3) is 6.85. The van der Waals surface area contributed by atoms with Gasteiger partial charge in [-0.1, -0.05) is 58.3 Å². The first kappa shape index (κ1) is 22.9. The normalized spacial score (nSPS) is 10.7. The number of benzene rings is 1. The predicted octanol–water partition coefficient (Wildman–Crippen LogP) is 5.28. The first-order chi connectivity index (χ1) is 13.0. The molecule has 0 heterocycles. The molecule has 0 radical (unpaired) electrons. The average molecular weight is 382 g/mol. The highest BCUT2D eigenvalue weighted by molar-refractivity contribution is 5.95. The largest absolute Gasteiger partial charge is 0.504 e. The lowest BCUT2D eigenvalue weighted by Gasteiger charge is -2.18. The number of nitrogens with one attached hydrogen (secondary N) is 1. The van der Waals surface area contributed by atoms with Gasteiger partial charge in [-0.25, -0.2) is 0 Å². The number of anilines is 1. The lowest BCUT2D eigenvalue weighted by atomic mass is 10.1. The molecule has 3 N–H and O–H groups in total. The number of phenols is 2. The molecule has 0 aliphatic rings. The van der Waals surface area contributed by atoms with Gasteiger partial charge in [-0.05, 0) is 13.3 Å². The molecule has 0 aliphatic carbocycles. The van der Waals surface area contributed by atoms with Gasteiger partial charge in [0.15, 0.2) is 11.5 Å². The Kier molecular flexibility index (Phi) is 10.5. The lowest BCUT2D eigenvalue weighted by Crippen LogP contribution is -2.13. The van der Waals surface area contributed by atoms with E-state index in [2.05, 4.69) is 12.2 Å². The van der Waals surface area contributed by atoms with Gasteiger partial charge in [-0.15, -0.1) is 0 Å². The van der Waals surface area contributed by atoms with Crippen LogP contribution in [0.15, 0.2) is 0 Å². The fourth-order valence-electron chi connectivity index (χ4n) is 3.12. The summed E-state index contributed by atoms with van der Waals surface area (Å²) in [5.74, 6) is -0.554. The number of ether oxygens (including phenoxy) is 2. The minimum atomic E-state index is -0.245. The number of hydrogen-bond acceptors (Lipinski definition) is 5. The number of hydrogen-bond donors (Lipinski definition) is 3. The molecule has 0 unspecified atom stereocenters. The number of aromatic hydroxyl groups is 2. The quantitative estimate of drug-likeness (QED) is 0.246. The highest BCUT2D eigenvalue weighted by atomic mass is 16.5. The van der Waals surface area contributed by atoms with Crippen molar-refractivity contribution in [2.45, 2.75) is 78.1 Å². The molecule has 6 nitrogen and oxygen atoms in total. The van der Waals surface area contributed by atoms with Crippen LogP contribution in [-0.4, -0.2) is 30.3 Å². The van der Waals surface area contributed by atoms with Gasteiger partial charge in [0.25, 0.3) is 0 Å². The molecule has 0 fully saturated rings. The fourth-order valence-corrected chi connectivity index (χ4v) is 3.12. The summed E-state index contributed by atoms with van der Waals surface area (Å²) < 4.78 is 10.2. The Labute approximate surface area is 162 Å². The van der Waals surface area contributed by atoms with Gasteiger partial charge in [0.2, 0.25) is 17.4 Å². The van der Waals surface area contributed by atoms with Crippen LogP contribution >= 0.6 is 0 Å². The van der Waals surface area contributed by atoms with Crippen molar-refractivity contribution in [1.29, 1.82) is 0 Å². The number of carbonyl (C=O) groups excluding carboxylic acids is 1. The smallest absolute Gasteiger partial charge is 0.224 e. The van der Waals surface area contributed by atoms with Crippen LogP contribution in [0.25, 0.3) is 0 Å². The summed E-state index contributed by atoms with van der Waals surface area (Å²) in [7, 11) is 2.73. The average Bonchev–Trinajstić information content (AvgIpc) is 2.66. The molecule has 0 atom stereocenters. The van der Waals surface area contributed by atoms with E-state index in [-0.39, 0.29) is 34.6 Å². The van der Waals surface area contributed by atoms with Crippen LogP contribution < -0.4 is 14.8 Å². The maximum atomic E-state index is 12.2. The van der Waals surface area contributed by atoms with Crippen LogP contribution in [0.2, 0.25) is 0 Å². The van der Waals surface area contributed by atoms with Crippen LogP contribution in [0.5, 0.6) is 23.0 Å². The third-order valence-corrected chi connectivity index (χ3v) is 4.78. The van der Waals surface area contributed by atoms with E-state index in [1.54, 1.807) is 6.92 Å². The van der Waals surface area contributed by atoms with Crippen molar-refractivity contribution >= 4 is 11.6 Å². The minimum absolute atomic E-state index is 0.000951. The van der Waals surface area contributed by atoms with Gasteiger partial charge >= 0.3 is 0 Å². The van der Waals surface area contributed by atoms with Crippen molar-refractivity contribution in [3.63, 3.8) is 0 Å². The Morgan fingerprint density at radius 3 is 1.85 bits per heavy atom. The third-order valence-electron chi connectivity index (χ3n) is 4.78. The number of carbonyl (C=O) groups is 1. The van der Waals surface area contributed by atoms with Crippen molar-refractivity contribution in [3.05, 3.63) is 5.56 Å². The molecule has 0 saturated carbocycles. The van der Waals surface area contributed by atoms with E-state index in [4.69, 9.17) is 9.47 Å².